The Morgan fingerprint density at radius 1 is 1.12 bits per heavy atom. The smallest absolute Gasteiger partial charge is 0.0558 e. The second-order valence-corrected chi connectivity index (χ2v) is 4.00. The molecule has 0 atom stereocenters. The molecule has 0 aliphatic heterocycles. The highest BCUT2D eigenvalue weighted by atomic mass is 16.3. The number of hydrogen-bond donors (Lipinski definition) is 2. The average molecular weight is 231 g/mol. The van der Waals surface area contributed by atoms with Gasteiger partial charge in [-0.25, -0.2) is 0 Å². The topological polar surface area (TPSA) is 52.1 Å². The molecular weight excluding hydrogens is 214 g/mol. The number of H-pyrrole nitrogens is 1. The van der Waals surface area contributed by atoms with Gasteiger partial charge < -0.3 is 5.11 Å². The quantitative estimate of drug-likeness (QED) is 0.790. The van der Waals surface area contributed by atoms with Crippen molar-refractivity contribution >= 4 is 0 Å². The van der Waals surface area contributed by atoms with Gasteiger partial charge in [0.25, 0.3) is 0 Å². The summed E-state index contributed by atoms with van der Waals surface area (Å²) in [7, 11) is 0. The highest BCUT2D eigenvalue weighted by Crippen LogP contribution is 2.07. The summed E-state index contributed by atoms with van der Waals surface area (Å²) in [6.07, 6.45) is 1.75. The van der Waals surface area contributed by atoms with Gasteiger partial charge in [-0.3, -0.25) is 10.00 Å². The van der Waals surface area contributed by atoms with Gasteiger partial charge in [0.2, 0.25) is 0 Å². The number of nitrogens with one attached hydrogen (secondary N) is 1. The summed E-state index contributed by atoms with van der Waals surface area (Å²) in [4.78, 5) is 2.18. The van der Waals surface area contributed by atoms with E-state index in [0.29, 0.717) is 6.54 Å². The molecular formula is C13H17N3O. The first-order chi connectivity index (χ1) is 8.38. The van der Waals surface area contributed by atoms with Gasteiger partial charge in [0, 0.05) is 31.5 Å². The summed E-state index contributed by atoms with van der Waals surface area (Å²) in [6.45, 7) is 2.44. The molecule has 2 aromatic rings. The Balaban J connectivity index is 1.97. The maximum absolute atomic E-state index is 9.08. The molecule has 4 heteroatoms. The van der Waals surface area contributed by atoms with E-state index in [9.17, 15) is 0 Å². The van der Waals surface area contributed by atoms with E-state index in [1.165, 1.54) is 5.56 Å². The molecule has 0 aliphatic carbocycles. The summed E-state index contributed by atoms with van der Waals surface area (Å²) < 4.78 is 0. The molecule has 1 aromatic heterocycles. The van der Waals surface area contributed by atoms with Crippen LogP contribution in [0.1, 0.15) is 11.3 Å². The number of benzene rings is 1. The van der Waals surface area contributed by atoms with Crippen LogP contribution in [0.2, 0.25) is 0 Å². The third-order valence-electron chi connectivity index (χ3n) is 2.62. The van der Waals surface area contributed by atoms with Crippen molar-refractivity contribution < 1.29 is 5.11 Å². The van der Waals surface area contributed by atoms with Crippen molar-refractivity contribution in [2.75, 3.05) is 13.2 Å². The number of hydrogen-bond acceptors (Lipinski definition) is 3. The van der Waals surface area contributed by atoms with E-state index < -0.39 is 0 Å². The maximum atomic E-state index is 9.08. The summed E-state index contributed by atoms with van der Waals surface area (Å²) in [5.74, 6) is 0. The molecule has 2 rings (SSSR count). The van der Waals surface area contributed by atoms with Gasteiger partial charge in [0.05, 0.1) is 6.61 Å². The van der Waals surface area contributed by atoms with Crippen LogP contribution in [0, 0.1) is 0 Å². The predicted octanol–water partition coefficient (Wildman–Crippen LogP) is 1.40. The lowest BCUT2D eigenvalue weighted by atomic mass is 10.2. The molecule has 0 fully saturated rings. The first-order valence-corrected chi connectivity index (χ1v) is 5.74. The Hall–Kier alpha value is -1.65. The van der Waals surface area contributed by atoms with Crippen LogP contribution in [0.15, 0.2) is 42.6 Å². The van der Waals surface area contributed by atoms with E-state index in [4.69, 9.17) is 5.11 Å². The molecule has 0 unspecified atom stereocenters. The van der Waals surface area contributed by atoms with Crippen molar-refractivity contribution in [1.29, 1.82) is 0 Å². The third-order valence-corrected chi connectivity index (χ3v) is 2.62. The van der Waals surface area contributed by atoms with Gasteiger partial charge in [-0.15, -0.1) is 0 Å². The van der Waals surface area contributed by atoms with E-state index in [1.807, 2.05) is 24.3 Å². The molecule has 0 amide bonds. The van der Waals surface area contributed by atoms with Gasteiger partial charge >= 0.3 is 0 Å². The number of aromatic amines is 1. The van der Waals surface area contributed by atoms with Crippen molar-refractivity contribution in [1.82, 2.24) is 15.1 Å². The number of aromatic nitrogens is 2. The zero-order valence-electron chi connectivity index (χ0n) is 9.71. The summed E-state index contributed by atoms with van der Waals surface area (Å²) in [5.41, 5.74) is 2.31. The molecule has 0 aliphatic rings. The molecule has 0 saturated heterocycles. The van der Waals surface area contributed by atoms with Gasteiger partial charge in [-0.1, -0.05) is 30.3 Å². The van der Waals surface area contributed by atoms with Crippen molar-refractivity contribution in [2.45, 2.75) is 13.1 Å². The Labute approximate surface area is 101 Å². The van der Waals surface area contributed by atoms with Crippen LogP contribution in [0.4, 0.5) is 0 Å². The minimum absolute atomic E-state index is 0.168. The number of nitrogens with zero attached hydrogens (tertiary/aromatic N) is 2. The normalized spacial score (nSPS) is 10.9. The Morgan fingerprint density at radius 3 is 2.59 bits per heavy atom. The lowest BCUT2D eigenvalue weighted by molar-refractivity contribution is 0.183. The first-order valence-electron chi connectivity index (χ1n) is 5.74. The van der Waals surface area contributed by atoms with E-state index in [-0.39, 0.29) is 6.61 Å². The molecule has 2 N–H and O–H groups in total. The van der Waals surface area contributed by atoms with Gasteiger partial charge in [-0.2, -0.15) is 5.10 Å². The van der Waals surface area contributed by atoms with Gasteiger partial charge in [0.15, 0.2) is 0 Å². The highest BCUT2D eigenvalue weighted by molar-refractivity contribution is 5.14. The monoisotopic (exact) mass is 231 g/mol. The third kappa shape index (κ3) is 3.69. The van der Waals surface area contributed by atoms with E-state index >= 15 is 0 Å². The van der Waals surface area contributed by atoms with E-state index in [1.54, 1.807) is 6.20 Å². The van der Waals surface area contributed by atoms with Crippen molar-refractivity contribution in [3.05, 3.63) is 53.9 Å². The fourth-order valence-corrected chi connectivity index (χ4v) is 1.81. The summed E-state index contributed by atoms with van der Waals surface area (Å²) in [6, 6.07) is 12.2. The van der Waals surface area contributed by atoms with Crippen molar-refractivity contribution in [2.24, 2.45) is 0 Å². The highest BCUT2D eigenvalue weighted by Gasteiger charge is 2.06. The molecule has 1 aromatic carbocycles. The number of aliphatic hydroxyl groups is 1. The molecule has 4 nitrogen and oxygen atoms in total. The molecule has 17 heavy (non-hydrogen) atoms. The molecule has 0 radical (unpaired) electrons. The average Bonchev–Trinajstić information content (AvgIpc) is 2.83. The van der Waals surface area contributed by atoms with Crippen LogP contribution < -0.4 is 0 Å². The summed E-state index contributed by atoms with van der Waals surface area (Å²) >= 11 is 0. The van der Waals surface area contributed by atoms with Crippen LogP contribution in [-0.2, 0) is 13.1 Å². The molecule has 1 heterocycles. The molecule has 0 bridgehead atoms. The lowest BCUT2D eigenvalue weighted by Gasteiger charge is -2.20. The lowest BCUT2D eigenvalue weighted by Crippen LogP contribution is -2.26. The Bertz CT molecular complexity index is 413. The first kappa shape index (κ1) is 11.8. The van der Waals surface area contributed by atoms with Crippen LogP contribution in [0.5, 0.6) is 0 Å². The minimum Gasteiger partial charge on any atom is -0.395 e. The van der Waals surface area contributed by atoms with Crippen molar-refractivity contribution in [3.8, 4) is 0 Å². The Morgan fingerprint density at radius 2 is 1.94 bits per heavy atom. The number of rotatable bonds is 6. The van der Waals surface area contributed by atoms with Gasteiger partial charge in [-0.05, 0) is 11.6 Å². The van der Waals surface area contributed by atoms with E-state index in [2.05, 4.69) is 27.2 Å². The second-order valence-electron chi connectivity index (χ2n) is 4.00. The molecule has 0 spiro atoms. The number of aliphatic hydroxyl groups excluding tert-OH is 1. The van der Waals surface area contributed by atoms with Gasteiger partial charge in [0.1, 0.15) is 0 Å². The molecule has 90 valence electrons. The van der Waals surface area contributed by atoms with Crippen LogP contribution in [0.3, 0.4) is 0 Å². The van der Waals surface area contributed by atoms with Crippen LogP contribution in [0.25, 0.3) is 0 Å². The van der Waals surface area contributed by atoms with Crippen LogP contribution >= 0.6 is 0 Å². The van der Waals surface area contributed by atoms with E-state index in [0.717, 1.165) is 18.8 Å². The maximum Gasteiger partial charge on any atom is 0.0558 e. The fourth-order valence-electron chi connectivity index (χ4n) is 1.81. The SMILES string of the molecule is OCCN(Cc1ccccc1)Cc1ccn[nH]1. The molecule has 0 saturated carbocycles. The second kappa shape index (κ2) is 6.18. The predicted molar refractivity (Wildman–Crippen MR) is 66.2 cm³/mol. The largest absolute Gasteiger partial charge is 0.395 e. The summed E-state index contributed by atoms with van der Waals surface area (Å²) in [5, 5.41) is 15.9. The fraction of sp³-hybridized carbons (Fsp3) is 0.308. The van der Waals surface area contributed by atoms with Crippen LogP contribution in [-0.4, -0.2) is 33.4 Å². The van der Waals surface area contributed by atoms with Crippen molar-refractivity contribution in [3.63, 3.8) is 0 Å². The minimum atomic E-state index is 0.168. The Kier molecular flexibility index (Phi) is 4.30. The zero-order chi connectivity index (χ0) is 11.9. The zero-order valence-corrected chi connectivity index (χ0v) is 9.71. The standard InChI is InChI=1S/C13H17N3O/c17-9-8-16(11-13-6-7-14-15-13)10-12-4-2-1-3-5-12/h1-7,17H,8-11H2,(H,14,15).